The van der Waals surface area contributed by atoms with E-state index in [0.717, 1.165) is 19.5 Å². The Morgan fingerprint density at radius 2 is 2.00 bits per heavy atom. The van der Waals surface area contributed by atoms with Crippen molar-refractivity contribution >= 4 is 16.5 Å². The molecule has 1 N–H and O–H groups in total. The summed E-state index contributed by atoms with van der Waals surface area (Å²) in [7, 11) is 0. The number of piperidine rings is 1. The largest absolute Gasteiger partial charge is 0.348 e. The highest BCUT2D eigenvalue weighted by molar-refractivity contribution is 7.15. The third-order valence-electron chi connectivity index (χ3n) is 3.26. The van der Waals surface area contributed by atoms with Crippen LogP contribution in [-0.2, 0) is 13.0 Å². The molecule has 1 aromatic heterocycles. The summed E-state index contributed by atoms with van der Waals surface area (Å²) in [5.74, 6) is 0. The average Bonchev–Trinajstić information content (AvgIpc) is 2.80. The van der Waals surface area contributed by atoms with E-state index in [4.69, 9.17) is 4.98 Å². The maximum absolute atomic E-state index is 4.81. The molecule has 3 nitrogen and oxygen atoms in total. The fourth-order valence-corrected chi connectivity index (χ4v) is 3.41. The summed E-state index contributed by atoms with van der Waals surface area (Å²) in [4.78, 5) is 8.70. The minimum atomic E-state index is 0.977. The van der Waals surface area contributed by atoms with Gasteiger partial charge in [0.1, 0.15) is 0 Å². The van der Waals surface area contributed by atoms with Crippen LogP contribution >= 0.6 is 11.3 Å². The molecule has 2 heterocycles. The first-order chi connectivity index (χ1) is 8.35. The summed E-state index contributed by atoms with van der Waals surface area (Å²) in [6.07, 6.45) is 5.07. The number of aryl methyl sites for hydroxylation is 1. The molecule has 2 rings (SSSR count). The first kappa shape index (κ1) is 12.8. The van der Waals surface area contributed by atoms with E-state index in [1.54, 1.807) is 0 Å². The third kappa shape index (κ3) is 3.19. The highest BCUT2D eigenvalue weighted by Crippen LogP contribution is 2.28. The zero-order chi connectivity index (χ0) is 12.1. The van der Waals surface area contributed by atoms with Gasteiger partial charge in [0.05, 0.1) is 5.69 Å². The standard InChI is InChI=1S/C13H23N3S/c1-3-11-12(10-14-4-2)17-13(15-11)16-8-6-5-7-9-16/h14H,3-10H2,1-2H3. The van der Waals surface area contributed by atoms with Crippen LogP contribution in [0.15, 0.2) is 0 Å². The van der Waals surface area contributed by atoms with Gasteiger partial charge in [0.15, 0.2) is 5.13 Å². The number of rotatable bonds is 5. The van der Waals surface area contributed by atoms with Crippen LogP contribution in [0.25, 0.3) is 0 Å². The quantitative estimate of drug-likeness (QED) is 0.874. The first-order valence-electron chi connectivity index (χ1n) is 6.79. The van der Waals surface area contributed by atoms with Gasteiger partial charge in [-0.25, -0.2) is 4.98 Å². The molecular formula is C13H23N3S. The van der Waals surface area contributed by atoms with Gasteiger partial charge in [0.2, 0.25) is 0 Å². The molecule has 0 atom stereocenters. The van der Waals surface area contributed by atoms with Crippen LogP contribution in [0.3, 0.4) is 0 Å². The second-order valence-electron chi connectivity index (χ2n) is 4.55. The Morgan fingerprint density at radius 3 is 2.65 bits per heavy atom. The lowest BCUT2D eigenvalue weighted by Crippen LogP contribution is -2.29. The summed E-state index contributed by atoms with van der Waals surface area (Å²) >= 11 is 1.88. The van der Waals surface area contributed by atoms with Crippen LogP contribution in [0.2, 0.25) is 0 Å². The zero-order valence-electron chi connectivity index (χ0n) is 11.0. The Labute approximate surface area is 108 Å². The molecule has 0 amide bonds. The molecule has 1 fully saturated rings. The molecule has 0 aromatic carbocycles. The van der Waals surface area contributed by atoms with E-state index < -0.39 is 0 Å². The summed E-state index contributed by atoms with van der Waals surface area (Å²) < 4.78 is 0. The smallest absolute Gasteiger partial charge is 0.185 e. The van der Waals surface area contributed by atoms with Gasteiger partial charge >= 0.3 is 0 Å². The summed E-state index contributed by atoms with van der Waals surface area (Å²) in [5, 5.41) is 4.65. The second kappa shape index (κ2) is 6.36. The number of hydrogen-bond acceptors (Lipinski definition) is 4. The molecule has 0 spiro atoms. The van der Waals surface area contributed by atoms with Gasteiger partial charge < -0.3 is 10.2 Å². The Balaban J connectivity index is 2.08. The van der Waals surface area contributed by atoms with Gasteiger partial charge in [-0.2, -0.15) is 0 Å². The van der Waals surface area contributed by atoms with Gasteiger partial charge in [-0.3, -0.25) is 0 Å². The number of thiazole rings is 1. The van der Waals surface area contributed by atoms with Gasteiger partial charge in [-0.1, -0.05) is 13.8 Å². The number of hydrogen-bond donors (Lipinski definition) is 1. The van der Waals surface area contributed by atoms with Crippen molar-refractivity contribution in [2.24, 2.45) is 0 Å². The number of nitrogens with one attached hydrogen (secondary N) is 1. The minimum absolute atomic E-state index is 0.977. The average molecular weight is 253 g/mol. The predicted octanol–water partition coefficient (Wildman–Crippen LogP) is 2.81. The molecule has 4 heteroatoms. The van der Waals surface area contributed by atoms with Crippen LogP contribution < -0.4 is 10.2 Å². The van der Waals surface area contributed by atoms with Crippen molar-refractivity contribution in [3.8, 4) is 0 Å². The highest BCUT2D eigenvalue weighted by atomic mass is 32.1. The van der Waals surface area contributed by atoms with Crippen molar-refractivity contribution in [2.45, 2.75) is 46.1 Å². The lowest BCUT2D eigenvalue weighted by atomic mass is 10.1. The molecule has 1 aliphatic heterocycles. The van der Waals surface area contributed by atoms with Crippen molar-refractivity contribution in [1.82, 2.24) is 10.3 Å². The third-order valence-corrected chi connectivity index (χ3v) is 4.42. The van der Waals surface area contributed by atoms with Crippen LogP contribution in [0, 0.1) is 0 Å². The van der Waals surface area contributed by atoms with Crippen LogP contribution in [0.1, 0.15) is 43.7 Å². The molecule has 96 valence electrons. The van der Waals surface area contributed by atoms with Gasteiger partial charge in [0.25, 0.3) is 0 Å². The summed E-state index contributed by atoms with van der Waals surface area (Å²) in [5.41, 5.74) is 1.29. The highest BCUT2D eigenvalue weighted by Gasteiger charge is 2.17. The molecule has 0 radical (unpaired) electrons. The van der Waals surface area contributed by atoms with Crippen molar-refractivity contribution in [1.29, 1.82) is 0 Å². The van der Waals surface area contributed by atoms with E-state index in [2.05, 4.69) is 24.1 Å². The molecule has 0 bridgehead atoms. The summed E-state index contributed by atoms with van der Waals surface area (Å²) in [6, 6.07) is 0. The van der Waals surface area contributed by atoms with Crippen molar-refractivity contribution in [3.05, 3.63) is 10.6 Å². The summed E-state index contributed by atoms with van der Waals surface area (Å²) in [6.45, 7) is 8.74. The zero-order valence-corrected chi connectivity index (χ0v) is 11.8. The fourth-order valence-electron chi connectivity index (χ4n) is 2.24. The Morgan fingerprint density at radius 1 is 1.24 bits per heavy atom. The normalized spacial score (nSPS) is 16.5. The molecule has 1 aromatic rings. The molecule has 0 aliphatic carbocycles. The fraction of sp³-hybridized carbons (Fsp3) is 0.769. The lowest BCUT2D eigenvalue weighted by molar-refractivity contribution is 0.576. The van der Waals surface area contributed by atoms with Crippen molar-refractivity contribution in [3.63, 3.8) is 0 Å². The monoisotopic (exact) mass is 253 g/mol. The molecule has 17 heavy (non-hydrogen) atoms. The van der Waals surface area contributed by atoms with Gasteiger partial charge in [-0.15, -0.1) is 11.3 Å². The van der Waals surface area contributed by atoms with Gasteiger partial charge in [0, 0.05) is 24.5 Å². The molecule has 0 saturated carbocycles. The molecule has 0 unspecified atom stereocenters. The van der Waals surface area contributed by atoms with E-state index in [-0.39, 0.29) is 0 Å². The van der Waals surface area contributed by atoms with E-state index in [0.29, 0.717) is 0 Å². The first-order valence-corrected chi connectivity index (χ1v) is 7.61. The van der Waals surface area contributed by atoms with Crippen molar-refractivity contribution < 1.29 is 0 Å². The van der Waals surface area contributed by atoms with E-state index in [1.807, 2.05) is 11.3 Å². The van der Waals surface area contributed by atoms with Crippen molar-refractivity contribution in [2.75, 3.05) is 24.5 Å². The molecule has 1 aliphatic rings. The number of aromatic nitrogens is 1. The van der Waals surface area contributed by atoms with Gasteiger partial charge in [-0.05, 0) is 32.2 Å². The maximum Gasteiger partial charge on any atom is 0.185 e. The molecule has 1 saturated heterocycles. The van der Waals surface area contributed by atoms with E-state index >= 15 is 0 Å². The molecular weight excluding hydrogens is 230 g/mol. The second-order valence-corrected chi connectivity index (χ2v) is 5.61. The number of anilines is 1. The minimum Gasteiger partial charge on any atom is -0.348 e. The van der Waals surface area contributed by atoms with E-state index in [1.165, 1.54) is 48.1 Å². The SMILES string of the molecule is CCNCc1sc(N2CCCCC2)nc1CC. The topological polar surface area (TPSA) is 28.2 Å². The maximum atomic E-state index is 4.81. The van der Waals surface area contributed by atoms with Crippen LogP contribution in [0.4, 0.5) is 5.13 Å². The van der Waals surface area contributed by atoms with Crippen LogP contribution in [-0.4, -0.2) is 24.6 Å². The Kier molecular flexibility index (Phi) is 4.80. The Hall–Kier alpha value is -0.610. The lowest BCUT2D eigenvalue weighted by Gasteiger charge is -2.25. The van der Waals surface area contributed by atoms with E-state index in [9.17, 15) is 0 Å². The predicted molar refractivity (Wildman–Crippen MR) is 74.9 cm³/mol. The Bertz CT molecular complexity index is 342. The number of nitrogens with zero attached hydrogens (tertiary/aromatic N) is 2. The van der Waals surface area contributed by atoms with Crippen LogP contribution in [0.5, 0.6) is 0 Å².